The van der Waals surface area contributed by atoms with E-state index in [0.29, 0.717) is 5.69 Å². The highest BCUT2D eigenvalue weighted by molar-refractivity contribution is 5.91. The molecule has 4 heteroatoms. The summed E-state index contributed by atoms with van der Waals surface area (Å²) in [6.45, 7) is 2.18. The lowest BCUT2D eigenvalue weighted by Gasteiger charge is -2.40. The number of carbonyl (C=O) groups excluding carboxylic acids is 1. The van der Waals surface area contributed by atoms with Crippen LogP contribution in [-0.2, 0) is 0 Å². The van der Waals surface area contributed by atoms with Crippen LogP contribution in [0.15, 0.2) is 18.3 Å². The van der Waals surface area contributed by atoms with E-state index < -0.39 is 5.91 Å². The third-order valence-corrected chi connectivity index (χ3v) is 2.92. The lowest BCUT2D eigenvalue weighted by molar-refractivity contribution is 0.0995. The fraction of sp³-hybridized carbons (Fsp3) is 0.455. The van der Waals surface area contributed by atoms with E-state index in [1.807, 2.05) is 6.07 Å². The van der Waals surface area contributed by atoms with E-state index in [9.17, 15) is 4.79 Å². The van der Waals surface area contributed by atoms with Crippen molar-refractivity contribution in [3.8, 4) is 0 Å². The van der Waals surface area contributed by atoms with Crippen molar-refractivity contribution in [2.24, 2.45) is 5.73 Å². The van der Waals surface area contributed by atoms with Crippen molar-refractivity contribution in [1.82, 2.24) is 4.98 Å². The number of amides is 1. The Bertz CT molecular complexity index is 385. The molecule has 4 nitrogen and oxygen atoms in total. The molecule has 0 aliphatic heterocycles. The van der Waals surface area contributed by atoms with Crippen LogP contribution in [0.4, 0.5) is 5.69 Å². The van der Waals surface area contributed by atoms with Crippen LogP contribution in [0.1, 0.15) is 36.7 Å². The predicted molar refractivity (Wildman–Crippen MR) is 58.6 cm³/mol. The second kappa shape index (κ2) is 3.53. The molecule has 0 bridgehead atoms. The lowest BCUT2D eigenvalue weighted by Crippen LogP contribution is -2.41. The summed E-state index contributed by atoms with van der Waals surface area (Å²) in [5.74, 6) is -0.489. The molecule has 1 aromatic heterocycles. The molecule has 80 valence electrons. The molecule has 0 radical (unpaired) electrons. The zero-order chi connectivity index (χ0) is 10.9. The molecule has 0 aromatic carbocycles. The predicted octanol–water partition coefficient (Wildman–Crippen LogP) is 1.53. The molecule has 1 aliphatic carbocycles. The first-order chi connectivity index (χ1) is 7.09. The highest BCUT2D eigenvalue weighted by Gasteiger charge is 2.31. The van der Waals surface area contributed by atoms with Gasteiger partial charge in [-0.15, -0.1) is 0 Å². The fourth-order valence-corrected chi connectivity index (χ4v) is 1.82. The van der Waals surface area contributed by atoms with E-state index in [1.54, 1.807) is 12.3 Å². The maximum atomic E-state index is 10.9. The Morgan fingerprint density at radius 1 is 1.60 bits per heavy atom. The Labute approximate surface area is 88.9 Å². The maximum absolute atomic E-state index is 10.9. The smallest absolute Gasteiger partial charge is 0.267 e. The molecular formula is C11H15N3O. The van der Waals surface area contributed by atoms with E-state index >= 15 is 0 Å². The largest absolute Gasteiger partial charge is 0.380 e. The number of hydrogen-bond donors (Lipinski definition) is 2. The normalized spacial score (nSPS) is 17.9. The quantitative estimate of drug-likeness (QED) is 0.786. The third kappa shape index (κ3) is 2.09. The van der Waals surface area contributed by atoms with Crippen molar-refractivity contribution >= 4 is 11.6 Å². The van der Waals surface area contributed by atoms with Gasteiger partial charge in [-0.1, -0.05) is 0 Å². The molecule has 0 spiro atoms. The standard InChI is InChI=1S/C11H15N3O/c1-11(4-2-5-11)14-8-3-6-13-9(7-8)10(12)15/h3,6-7H,2,4-5H2,1H3,(H2,12,15)(H,13,14). The number of hydrogen-bond acceptors (Lipinski definition) is 3. The molecular weight excluding hydrogens is 190 g/mol. The second-order valence-electron chi connectivity index (χ2n) is 4.33. The molecule has 1 aromatic rings. The number of pyridine rings is 1. The first-order valence-electron chi connectivity index (χ1n) is 5.13. The van der Waals surface area contributed by atoms with Crippen LogP contribution in [0.5, 0.6) is 0 Å². The number of rotatable bonds is 3. The van der Waals surface area contributed by atoms with Gasteiger partial charge in [-0.2, -0.15) is 0 Å². The summed E-state index contributed by atoms with van der Waals surface area (Å²) in [5.41, 5.74) is 6.57. The molecule has 1 heterocycles. The Kier molecular flexibility index (Phi) is 2.34. The third-order valence-electron chi connectivity index (χ3n) is 2.92. The molecule has 0 unspecified atom stereocenters. The van der Waals surface area contributed by atoms with Gasteiger partial charge in [-0.3, -0.25) is 9.78 Å². The van der Waals surface area contributed by atoms with Crippen LogP contribution in [0.3, 0.4) is 0 Å². The zero-order valence-corrected chi connectivity index (χ0v) is 8.79. The first kappa shape index (κ1) is 9.96. The van der Waals surface area contributed by atoms with Gasteiger partial charge in [-0.25, -0.2) is 0 Å². The average molecular weight is 205 g/mol. The molecule has 1 amide bonds. The topological polar surface area (TPSA) is 68.0 Å². The van der Waals surface area contributed by atoms with Gasteiger partial charge in [0.2, 0.25) is 0 Å². The van der Waals surface area contributed by atoms with Crippen LogP contribution in [-0.4, -0.2) is 16.4 Å². The molecule has 15 heavy (non-hydrogen) atoms. The highest BCUT2D eigenvalue weighted by Crippen LogP contribution is 2.34. The van der Waals surface area contributed by atoms with Crippen LogP contribution in [0.2, 0.25) is 0 Å². The summed E-state index contributed by atoms with van der Waals surface area (Å²) >= 11 is 0. The molecule has 1 fully saturated rings. The Morgan fingerprint density at radius 2 is 2.33 bits per heavy atom. The van der Waals surface area contributed by atoms with E-state index in [0.717, 1.165) is 5.69 Å². The highest BCUT2D eigenvalue weighted by atomic mass is 16.1. The summed E-state index contributed by atoms with van der Waals surface area (Å²) in [6, 6.07) is 3.56. The summed E-state index contributed by atoms with van der Waals surface area (Å²) < 4.78 is 0. The van der Waals surface area contributed by atoms with Crippen molar-refractivity contribution in [2.45, 2.75) is 31.7 Å². The number of aromatic nitrogens is 1. The minimum atomic E-state index is -0.489. The van der Waals surface area contributed by atoms with Crippen LogP contribution < -0.4 is 11.1 Å². The van der Waals surface area contributed by atoms with Crippen molar-refractivity contribution < 1.29 is 4.79 Å². The van der Waals surface area contributed by atoms with Gasteiger partial charge < -0.3 is 11.1 Å². The lowest BCUT2D eigenvalue weighted by atomic mass is 9.78. The molecule has 0 saturated heterocycles. The van der Waals surface area contributed by atoms with E-state index in [2.05, 4.69) is 17.2 Å². The van der Waals surface area contributed by atoms with Crippen molar-refractivity contribution in [3.63, 3.8) is 0 Å². The number of carbonyl (C=O) groups is 1. The molecule has 2 rings (SSSR count). The van der Waals surface area contributed by atoms with Crippen LogP contribution >= 0.6 is 0 Å². The molecule has 3 N–H and O–H groups in total. The monoisotopic (exact) mass is 205 g/mol. The minimum absolute atomic E-state index is 0.177. The van der Waals surface area contributed by atoms with Crippen molar-refractivity contribution in [1.29, 1.82) is 0 Å². The number of nitrogens with two attached hydrogens (primary N) is 1. The Morgan fingerprint density at radius 3 is 2.87 bits per heavy atom. The van der Waals surface area contributed by atoms with Crippen molar-refractivity contribution in [2.75, 3.05) is 5.32 Å². The minimum Gasteiger partial charge on any atom is -0.380 e. The van der Waals surface area contributed by atoms with E-state index in [4.69, 9.17) is 5.73 Å². The second-order valence-corrected chi connectivity index (χ2v) is 4.33. The Balaban J connectivity index is 2.14. The summed E-state index contributed by atoms with van der Waals surface area (Å²) in [6.07, 6.45) is 5.20. The molecule has 1 aliphatic rings. The number of anilines is 1. The van der Waals surface area contributed by atoms with Gasteiger partial charge in [0.15, 0.2) is 0 Å². The van der Waals surface area contributed by atoms with E-state index in [1.165, 1.54) is 19.3 Å². The number of nitrogens with one attached hydrogen (secondary N) is 1. The summed E-state index contributed by atoms with van der Waals surface area (Å²) in [7, 11) is 0. The van der Waals surface area contributed by atoms with Gasteiger partial charge in [-0.05, 0) is 38.3 Å². The van der Waals surface area contributed by atoms with Crippen LogP contribution in [0.25, 0.3) is 0 Å². The number of primary amides is 1. The molecule has 1 saturated carbocycles. The molecule has 0 atom stereocenters. The fourth-order valence-electron chi connectivity index (χ4n) is 1.82. The zero-order valence-electron chi connectivity index (χ0n) is 8.79. The first-order valence-corrected chi connectivity index (χ1v) is 5.13. The summed E-state index contributed by atoms with van der Waals surface area (Å²) in [4.78, 5) is 14.8. The summed E-state index contributed by atoms with van der Waals surface area (Å²) in [5, 5.41) is 3.40. The van der Waals surface area contributed by atoms with Crippen LogP contribution in [0, 0.1) is 0 Å². The average Bonchev–Trinajstić information content (AvgIpc) is 2.16. The Hall–Kier alpha value is -1.58. The number of nitrogens with zero attached hydrogens (tertiary/aromatic N) is 1. The van der Waals surface area contributed by atoms with Gasteiger partial charge in [0.1, 0.15) is 5.69 Å². The van der Waals surface area contributed by atoms with Gasteiger partial charge in [0.05, 0.1) is 0 Å². The SMILES string of the molecule is CC1(Nc2ccnc(C(N)=O)c2)CCC1. The van der Waals surface area contributed by atoms with Crippen molar-refractivity contribution in [3.05, 3.63) is 24.0 Å². The maximum Gasteiger partial charge on any atom is 0.267 e. The van der Waals surface area contributed by atoms with Gasteiger partial charge in [0.25, 0.3) is 5.91 Å². The van der Waals surface area contributed by atoms with E-state index in [-0.39, 0.29) is 5.54 Å². The van der Waals surface area contributed by atoms with Gasteiger partial charge >= 0.3 is 0 Å². The van der Waals surface area contributed by atoms with Gasteiger partial charge in [0, 0.05) is 17.4 Å².